The Kier molecular flexibility index (Phi) is 4.88. The lowest BCUT2D eigenvalue weighted by atomic mass is 10.4. The molecule has 1 unspecified atom stereocenters. The SMILES string of the molecule is CCC(C#N)S(=O)(=O)Nc1nc(OC)cc(OC)n1. The van der Waals surface area contributed by atoms with E-state index in [1.807, 2.05) is 0 Å². The maximum Gasteiger partial charge on any atom is 0.251 e. The van der Waals surface area contributed by atoms with E-state index in [0.717, 1.165) is 0 Å². The molecule has 19 heavy (non-hydrogen) atoms. The van der Waals surface area contributed by atoms with Gasteiger partial charge >= 0.3 is 0 Å². The lowest BCUT2D eigenvalue weighted by molar-refractivity contribution is 0.373. The first-order valence-corrected chi connectivity index (χ1v) is 6.89. The third kappa shape index (κ3) is 3.69. The maximum absolute atomic E-state index is 11.9. The summed E-state index contributed by atoms with van der Waals surface area (Å²) in [7, 11) is -1.11. The van der Waals surface area contributed by atoms with Crippen LogP contribution in [0.2, 0.25) is 0 Å². The lowest BCUT2D eigenvalue weighted by Crippen LogP contribution is -2.27. The molecule has 0 aromatic carbocycles. The zero-order chi connectivity index (χ0) is 14.5. The van der Waals surface area contributed by atoms with Gasteiger partial charge in [-0.3, -0.25) is 0 Å². The molecule has 1 N–H and O–H groups in total. The van der Waals surface area contributed by atoms with Gasteiger partial charge in [0.25, 0.3) is 10.0 Å². The van der Waals surface area contributed by atoms with E-state index < -0.39 is 15.3 Å². The fraction of sp³-hybridized carbons (Fsp3) is 0.500. The molecule has 1 heterocycles. The number of sulfonamides is 1. The van der Waals surface area contributed by atoms with Gasteiger partial charge in [-0.2, -0.15) is 15.2 Å². The van der Waals surface area contributed by atoms with Crippen molar-refractivity contribution in [2.45, 2.75) is 18.6 Å². The number of ether oxygens (including phenoxy) is 2. The van der Waals surface area contributed by atoms with E-state index in [1.54, 1.807) is 13.0 Å². The van der Waals surface area contributed by atoms with E-state index in [0.29, 0.717) is 0 Å². The van der Waals surface area contributed by atoms with Crippen LogP contribution < -0.4 is 14.2 Å². The standard InChI is InChI=1S/C10H14N4O4S/c1-4-7(6-11)19(15,16)14-10-12-8(17-2)5-9(13-10)18-3/h5,7H,4H2,1-3H3,(H,12,13,14). The Balaban J connectivity index is 3.09. The summed E-state index contributed by atoms with van der Waals surface area (Å²) in [5, 5.41) is 7.61. The Hall–Kier alpha value is -2.08. The maximum atomic E-state index is 11.9. The fourth-order valence-corrected chi connectivity index (χ4v) is 2.30. The van der Waals surface area contributed by atoms with Gasteiger partial charge in [-0.25, -0.2) is 13.1 Å². The summed E-state index contributed by atoms with van der Waals surface area (Å²) < 4.78 is 35.7. The van der Waals surface area contributed by atoms with Crippen molar-refractivity contribution in [3.8, 4) is 17.8 Å². The molecule has 8 nitrogen and oxygen atoms in total. The average Bonchev–Trinajstić information content (AvgIpc) is 2.38. The highest BCUT2D eigenvalue weighted by Gasteiger charge is 2.24. The molecule has 1 aromatic rings. The third-order valence-corrected chi connectivity index (χ3v) is 3.88. The van der Waals surface area contributed by atoms with Crippen LogP contribution in [0.4, 0.5) is 5.95 Å². The second kappa shape index (κ2) is 6.19. The highest BCUT2D eigenvalue weighted by molar-refractivity contribution is 7.93. The van der Waals surface area contributed by atoms with Crippen molar-refractivity contribution in [1.82, 2.24) is 9.97 Å². The molecular weight excluding hydrogens is 272 g/mol. The fourth-order valence-electron chi connectivity index (χ4n) is 1.24. The normalized spacial score (nSPS) is 12.3. The zero-order valence-electron chi connectivity index (χ0n) is 10.7. The molecule has 0 radical (unpaired) electrons. The minimum absolute atomic E-state index is 0.148. The second-order valence-electron chi connectivity index (χ2n) is 3.45. The van der Waals surface area contributed by atoms with Crippen LogP contribution in [0.25, 0.3) is 0 Å². The average molecular weight is 286 g/mol. The summed E-state index contributed by atoms with van der Waals surface area (Å²) in [6, 6.07) is 3.10. The molecular formula is C10H14N4O4S. The van der Waals surface area contributed by atoms with E-state index in [-0.39, 0.29) is 24.1 Å². The summed E-state index contributed by atoms with van der Waals surface area (Å²) in [6.45, 7) is 1.60. The Morgan fingerprint density at radius 2 is 1.89 bits per heavy atom. The van der Waals surface area contributed by atoms with Crippen LogP contribution in [0.5, 0.6) is 11.8 Å². The summed E-state index contributed by atoms with van der Waals surface area (Å²) in [4.78, 5) is 7.65. The van der Waals surface area contributed by atoms with E-state index in [4.69, 9.17) is 14.7 Å². The summed E-state index contributed by atoms with van der Waals surface area (Å²) in [6.07, 6.45) is 0.160. The van der Waals surface area contributed by atoms with Gasteiger partial charge in [0, 0.05) is 0 Å². The highest BCUT2D eigenvalue weighted by Crippen LogP contribution is 2.19. The van der Waals surface area contributed by atoms with Crippen molar-refractivity contribution in [3.05, 3.63) is 6.07 Å². The molecule has 0 saturated carbocycles. The van der Waals surface area contributed by atoms with Crippen molar-refractivity contribution in [3.63, 3.8) is 0 Å². The van der Waals surface area contributed by atoms with E-state index in [1.165, 1.54) is 20.3 Å². The van der Waals surface area contributed by atoms with Gasteiger partial charge < -0.3 is 9.47 Å². The molecule has 0 bridgehead atoms. The van der Waals surface area contributed by atoms with Crippen LogP contribution >= 0.6 is 0 Å². The van der Waals surface area contributed by atoms with Gasteiger partial charge in [-0.1, -0.05) is 6.92 Å². The molecule has 1 atom stereocenters. The van der Waals surface area contributed by atoms with Gasteiger partial charge in [-0.15, -0.1) is 0 Å². The molecule has 0 aliphatic rings. The topological polar surface area (TPSA) is 114 Å². The second-order valence-corrected chi connectivity index (χ2v) is 5.31. The molecule has 104 valence electrons. The predicted molar refractivity (Wildman–Crippen MR) is 67.4 cm³/mol. The number of hydrogen-bond donors (Lipinski definition) is 1. The molecule has 1 rings (SSSR count). The number of nitrogens with zero attached hydrogens (tertiary/aromatic N) is 3. The number of aromatic nitrogens is 2. The van der Waals surface area contributed by atoms with Gasteiger partial charge in [-0.05, 0) is 6.42 Å². The first-order valence-electron chi connectivity index (χ1n) is 5.35. The minimum Gasteiger partial charge on any atom is -0.481 e. The van der Waals surface area contributed by atoms with Crippen LogP contribution in [0.15, 0.2) is 6.07 Å². The van der Waals surface area contributed by atoms with Crippen molar-refractivity contribution in [2.24, 2.45) is 0 Å². The molecule has 0 spiro atoms. The zero-order valence-corrected chi connectivity index (χ0v) is 11.6. The number of nitriles is 1. The Bertz CT molecular complexity index is 559. The molecule has 0 fully saturated rings. The smallest absolute Gasteiger partial charge is 0.251 e. The highest BCUT2D eigenvalue weighted by atomic mass is 32.2. The van der Waals surface area contributed by atoms with Crippen LogP contribution in [0, 0.1) is 11.3 Å². The Morgan fingerprint density at radius 3 is 2.26 bits per heavy atom. The van der Waals surface area contributed by atoms with Crippen molar-refractivity contribution >= 4 is 16.0 Å². The lowest BCUT2D eigenvalue weighted by Gasteiger charge is -2.11. The Labute approximate surface area is 111 Å². The van der Waals surface area contributed by atoms with Crippen LogP contribution in [-0.4, -0.2) is 37.9 Å². The number of hydrogen-bond acceptors (Lipinski definition) is 7. The van der Waals surface area contributed by atoms with E-state index >= 15 is 0 Å². The predicted octanol–water partition coefficient (Wildman–Crippen LogP) is 0.538. The van der Waals surface area contributed by atoms with Crippen molar-refractivity contribution < 1.29 is 17.9 Å². The summed E-state index contributed by atoms with van der Waals surface area (Å²) in [5.41, 5.74) is 0. The molecule has 0 saturated heterocycles. The number of anilines is 1. The number of rotatable bonds is 6. The van der Waals surface area contributed by atoms with E-state index in [9.17, 15) is 8.42 Å². The molecule has 0 aliphatic heterocycles. The first-order chi connectivity index (χ1) is 8.96. The van der Waals surface area contributed by atoms with E-state index in [2.05, 4.69) is 14.7 Å². The Morgan fingerprint density at radius 1 is 1.37 bits per heavy atom. The molecule has 9 heteroatoms. The third-order valence-electron chi connectivity index (χ3n) is 2.22. The first kappa shape index (κ1) is 15.0. The van der Waals surface area contributed by atoms with Gasteiger partial charge in [0.05, 0.1) is 26.4 Å². The minimum atomic E-state index is -3.87. The van der Waals surface area contributed by atoms with Gasteiger partial charge in [0.2, 0.25) is 17.7 Å². The van der Waals surface area contributed by atoms with Crippen molar-refractivity contribution in [2.75, 3.05) is 18.9 Å². The monoisotopic (exact) mass is 286 g/mol. The molecule has 0 amide bonds. The van der Waals surface area contributed by atoms with Crippen LogP contribution in [-0.2, 0) is 10.0 Å². The number of methoxy groups -OCH3 is 2. The summed E-state index contributed by atoms with van der Waals surface area (Å²) >= 11 is 0. The number of nitrogens with one attached hydrogen (secondary N) is 1. The molecule has 1 aromatic heterocycles. The summed E-state index contributed by atoms with van der Waals surface area (Å²) in [5.74, 6) is 0.0917. The van der Waals surface area contributed by atoms with Gasteiger partial charge in [0.15, 0.2) is 5.25 Å². The quantitative estimate of drug-likeness (QED) is 0.811. The van der Waals surface area contributed by atoms with Crippen molar-refractivity contribution in [1.29, 1.82) is 5.26 Å². The largest absolute Gasteiger partial charge is 0.481 e. The van der Waals surface area contributed by atoms with Gasteiger partial charge in [0.1, 0.15) is 0 Å². The van der Waals surface area contributed by atoms with Crippen LogP contribution in [0.1, 0.15) is 13.3 Å². The molecule has 0 aliphatic carbocycles. The van der Waals surface area contributed by atoms with Crippen LogP contribution in [0.3, 0.4) is 0 Å².